The van der Waals surface area contributed by atoms with Gasteiger partial charge in [-0.15, -0.1) is 0 Å². The monoisotopic (exact) mass is 173 g/mol. The van der Waals surface area contributed by atoms with Crippen LogP contribution < -0.4 is 0 Å². The highest BCUT2D eigenvalue weighted by Crippen LogP contribution is 2.30. The van der Waals surface area contributed by atoms with Crippen molar-refractivity contribution in [2.75, 3.05) is 26.4 Å². The summed E-state index contributed by atoms with van der Waals surface area (Å²) in [6.07, 6.45) is 1.21. The standard InChI is InChI=1S/C8H13O4/c1-8(11-4-5-12-8)6-7-9-2-3-10-7/h2-6H2,1H3. The Hall–Kier alpha value is -0.160. The lowest BCUT2D eigenvalue weighted by atomic mass is 10.2. The fourth-order valence-electron chi connectivity index (χ4n) is 1.38. The molecule has 2 saturated heterocycles. The maximum absolute atomic E-state index is 5.40. The van der Waals surface area contributed by atoms with Gasteiger partial charge in [-0.25, -0.2) is 0 Å². The maximum Gasteiger partial charge on any atom is 0.229 e. The van der Waals surface area contributed by atoms with Gasteiger partial charge in [-0.05, 0) is 6.92 Å². The summed E-state index contributed by atoms with van der Waals surface area (Å²) in [5.41, 5.74) is 0. The number of hydrogen-bond donors (Lipinski definition) is 0. The Bertz CT molecular complexity index is 147. The second-order valence-corrected chi connectivity index (χ2v) is 3.08. The molecule has 0 bridgehead atoms. The quantitative estimate of drug-likeness (QED) is 0.615. The number of hydrogen-bond acceptors (Lipinski definition) is 4. The Kier molecular flexibility index (Phi) is 2.32. The summed E-state index contributed by atoms with van der Waals surface area (Å²) in [7, 11) is 0. The van der Waals surface area contributed by atoms with Crippen LogP contribution in [0.25, 0.3) is 0 Å². The van der Waals surface area contributed by atoms with Crippen molar-refractivity contribution in [3.05, 3.63) is 6.29 Å². The van der Waals surface area contributed by atoms with Gasteiger partial charge < -0.3 is 18.9 Å². The van der Waals surface area contributed by atoms with E-state index in [1.165, 1.54) is 0 Å². The molecule has 0 unspecified atom stereocenters. The van der Waals surface area contributed by atoms with Crippen LogP contribution in [0.4, 0.5) is 0 Å². The molecule has 0 atom stereocenters. The van der Waals surface area contributed by atoms with E-state index < -0.39 is 5.79 Å². The molecule has 69 valence electrons. The van der Waals surface area contributed by atoms with Crippen LogP contribution in [-0.4, -0.2) is 32.2 Å². The molecular weight excluding hydrogens is 160 g/mol. The normalized spacial score (nSPS) is 29.8. The second kappa shape index (κ2) is 3.30. The molecule has 2 fully saturated rings. The van der Waals surface area contributed by atoms with Gasteiger partial charge in [0.25, 0.3) is 0 Å². The highest BCUT2D eigenvalue weighted by atomic mass is 16.8. The van der Waals surface area contributed by atoms with Crippen molar-refractivity contribution < 1.29 is 18.9 Å². The van der Waals surface area contributed by atoms with Gasteiger partial charge in [0.1, 0.15) is 0 Å². The van der Waals surface area contributed by atoms with E-state index >= 15 is 0 Å². The van der Waals surface area contributed by atoms with Crippen molar-refractivity contribution in [3.8, 4) is 0 Å². The second-order valence-electron chi connectivity index (χ2n) is 3.08. The zero-order chi connectivity index (χ0) is 8.44. The molecule has 0 aromatic rings. The molecule has 0 aromatic heterocycles. The molecule has 1 radical (unpaired) electrons. The Morgan fingerprint density at radius 1 is 1.08 bits per heavy atom. The van der Waals surface area contributed by atoms with E-state index in [0.717, 1.165) is 0 Å². The zero-order valence-corrected chi connectivity index (χ0v) is 7.17. The summed E-state index contributed by atoms with van der Waals surface area (Å²) >= 11 is 0. The molecule has 4 nitrogen and oxygen atoms in total. The summed E-state index contributed by atoms with van der Waals surface area (Å²) < 4.78 is 21.2. The molecule has 0 amide bonds. The van der Waals surface area contributed by atoms with E-state index in [9.17, 15) is 0 Å². The van der Waals surface area contributed by atoms with Gasteiger partial charge in [0.15, 0.2) is 5.79 Å². The molecule has 2 aliphatic rings. The van der Waals surface area contributed by atoms with Crippen molar-refractivity contribution in [1.82, 2.24) is 0 Å². The van der Waals surface area contributed by atoms with Gasteiger partial charge in [-0.3, -0.25) is 0 Å². The fraction of sp³-hybridized carbons (Fsp3) is 0.875. The van der Waals surface area contributed by atoms with Gasteiger partial charge >= 0.3 is 0 Å². The molecule has 0 saturated carbocycles. The molecule has 0 aromatic carbocycles. The zero-order valence-electron chi connectivity index (χ0n) is 7.17. The lowest BCUT2D eigenvalue weighted by molar-refractivity contribution is -0.164. The average Bonchev–Trinajstić information content (AvgIpc) is 2.62. The van der Waals surface area contributed by atoms with Crippen molar-refractivity contribution in [1.29, 1.82) is 0 Å². The SMILES string of the molecule is CC1(C[C]2OCCO2)OCCO1. The lowest BCUT2D eigenvalue weighted by Crippen LogP contribution is -2.28. The van der Waals surface area contributed by atoms with E-state index in [-0.39, 0.29) is 0 Å². The highest BCUT2D eigenvalue weighted by Gasteiger charge is 2.36. The Balaban J connectivity index is 1.83. The minimum Gasteiger partial charge on any atom is -0.348 e. The van der Waals surface area contributed by atoms with Crippen LogP contribution in [0.15, 0.2) is 0 Å². The summed E-state index contributed by atoms with van der Waals surface area (Å²) in [6, 6.07) is 0. The van der Waals surface area contributed by atoms with Gasteiger partial charge in [-0.1, -0.05) is 0 Å². The van der Waals surface area contributed by atoms with Crippen LogP contribution in [0.1, 0.15) is 13.3 Å². The summed E-state index contributed by atoms with van der Waals surface area (Å²) in [5.74, 6) is -0.528. The molecule has 2 heterocycles. The third-order valence-electron chi connectivity index (χ3n) is 1.97. The molecule has 0 N–H and O–H groups in total. The fourth-order valence-corrected chi connectivity index (χ4v) is 1.38. The molecule has 2 rings (SSSR count). The first kappa shape index (κ1) is 8.44. The van der Waals surface area contributed by atoms with Crippen LogP contribution >= 0.6 is 0 Å². The van der Waals surface area contributed by atoms with Crippen LogP contribution in [0.2, 0.25) is 0 Å². The van der Waals surface area contributed by atoms with Gasteiger partial charge in [0.2, 0.25) is 6.29 Å². The number of ether oxygens (including phenoxy) is 4. The van der Waals surface area contributed by atoms with Crippen molar-refractivity contribution in [2.24, 2.45) is 0 Å². The minimum absolute atomic E-state index is 0.528. The van der Waals surface area contributed by atoms with Crippen LogP contribution in [0, 0.1) is 6.29 Å². The third kappa shape index (κ3) is 1.77. The Morgan fingerprint density at radius 3 is 2.25 bits per heavy atom. The molecule has 4 heteroatoms. The molecule has 0 aliphatic carbocycles. The van der Waals surface area contributed by atoms with Crippen LogP contribution in [0.3, 0.4) is 0 Å². The first-order chi connectivity index (χ1) is 5.79. The first-order valence-electron chi connectivity index (χ1n) is 4.18. The topological polar surface area (TPSA) is 36.9 Å². The summed E-state index contributed by atoms with van der Waals surface area (Å²) in [5, 5.41) is 0. The third-order valence-corrected chi connectivity index (χ3v) is 1.97. The van der Waals surface area contributed by atoms with E-state index in [1.807, 2.05) is 6.92 Å². The molecule has 12 heavy (non-hydrogen) atoms. The molecule has 0 spiro atoms. The highest BCUT2D eigenvalue weighted by molar-refractivity contribution is 4.81. The van der Waals surface area contributed by atoms with Gasteiger partial charge in [0, 0.05) is 0 Å². The Labute approximate surface area is 71.7 Å². The largest absolute Gasteiger partial charge is 0.348 e. The van der Waals surface area contributed by atoms with E-state index in [2.05, 4.69) is 0 Å². The maximum atomic E-state index is 5.40. The smallest absolute Gasteiger partial charge is 0.229 e. The summed E-state index contributed by atoms with van der Waals surface area (Å²) in [4.78, 5) is 0. The van der Waals surface area contributed by atoms with Crippen LogP contribution in [-0.2, 0) is 18.9 Å². The molecular formula is C8H13O4. The predicted octanol–water partition coefficient (Wildman–Crippen LogP) is 0.676. The average molecular weight is 173 g/mol. The van der Waals surface area contributed by atoms with Crippen molar-refractivity contribution in [2.45, 2.75) is 19.1 Å². The minimum atomic E-state index is -0.528. The number of rotatable bonds is 2. The van der Waals surface area contributed by atoms with E-state index in [4.69, 9.17) is 18.9 Å². The van der Waals surface area contributed by atoms with Gasteiger partial charge in [-0.2, -0.15) is 0 Å². The predicted molar refractivity (Wildman–Crippen MR) is 40.1 cm³/mol. The first-order valence-corrected chi connectivity index (χ1v) is 4.18. The van der Waals surface area contributed by atoms with Crippen molar-refractivity contribution in [3.63, 3.8) is 0 Å². The summed E-state index contributed by atoms with van der Waals surface area (Å²) in [6.45, 7) is 4.50. The Morgan fingerprint density at radius 2 is 1.67 bits per heavy atom. The van der Waals surface area contributed by atoms with E-state index in [1.54, 1.807) is 0 Å². The van der Waals surface area contributed by atoms with Gasteiger partial charge in [0.05, 0.1) is 32.8 Å². The van der Waals surface area contributed by atoms with E-state index in [0.29, 0.717) is 39.1 Å². The lowest BCUT2D eigenvalue weighted by Gasteiger charge is -2.23. The molecule has 2 aliphatic heterocycles. The van der Waals surface area contributed by atoms with Crippen molar-refractivity contribution >= 4 is 0 Å². The van der Waals surface area contributed by atoms with Crippen LogP contribution in [0.5, 0.6) is 0 Å².